The Labute approximate surface area is 99.0 Å². The lowest BCUT2D eigenvalue weighted by molar-refractivity contribution is -0.233. The fraction of sp³-hybridized carbons (Fsp3) is 1.00. The predicted octanol–water partition coefficient (Wildman–Crippen LogP) is 3.26. The van der Waals surface area contributed by atoms with Gasteiger partial charge in [0.2, 0.25) is 0 Å². The van der Waals surface area contributed by atoms with Crippen LogP contribution >= 0.6 is 7.82 Å². The molecule has 0 aliphatic heterocycles. The lowest BCUT2D eigenvalue weighted by Crippen LogP contribution is -2.22. The van der Waals surface area contributed by atoms with Gasteiger partial charge in [0.25, 0.3) is 7.82 Å². The average Bonchev–Trinajstić information content (AvgIpc) is 2.06. The zero-order valence-electron chi connectivity index (χ0n) is 10.8. The summed E-state index contributed by atoms with van der Waals surface area (Å²) in [5.74, 6) is 0. The smallest absolute Gasteiger partial charge is 0.268 e. The Morgan fingerprint density at radius 1 is 1.12 bits per heavy atom. The minimum atomic E-state index is -4.12. The summed E-state index contributed by atoms with van der Waals surface area (Å²) in [7, 11) is -4.12. The highest BCUT2D eigenvalue weighted by molar-refractivity contribution is 7.45. The predicted molar refractivity (Wildman–Crippen MR) is 63.2 cm³/mol. The van der Waals surface area contributed by atoms with Gasteiger partial charge >= 0.3 is 0 Å². The number of unbranched alkanes of at least 4 members (excludes halogenated alkanes) is 4. The molecule has 0 aromatic heterocycles. The summed E-state index contributed by atoms with van der Waals surface area (Å²) in [4.78, 5) is 11.3. The first-order valence-electron chi connectivity index (χ1n) is 5.93. The van der Waals surface area contributed by atoms with E-state index in [-0.39, 0.29) is 6.61 Å². The van der Waals surface area contributed by atoms with E-state index in [9.17, 15) is 9.46 Å². The lowest BCUT2D eigenvalue weighted by Gasteiger charge is -2.30. The van der Waals surface area contributed by atoms with Crippen molar-refractivity contribution in [3.63, 3.8) is 0 Å². The van der Waals surface area contributed by atoms with Crippen molar-refractivity contribution in [2.75, 3.05) is 6.61 Å². The van der Waals surface area contributed by atoms with E-state index in [4.69, 9.17) is 9.05 Å². The third kappa shape index (κ3) is 10.6. The van der Waals surface area contributed by atoms with E-state index in [0.717, 1.165) is 19.3 Å². The Kier molecular flexibility index (Phi) is 7.49. The van der Waals surface area contributed by atoms with Gasteiger partial charge in [-0.05, 0) is 27.2 Å². The second kappa shape index (κ2) is 7.44. The molecule has 5 heteroatoms. The molecule has 0 radical (unpaired) electrons. The van der Waals surface area contributed by atoms with Gasteiger partial charge in [-0.25, -0.2) is 0 Å². The molecule has 0 N–H and O–H groups in total. The molecule has 0 spiro atoms. The van der Waals surface area contributed by atoms with Crippen LogP contribution in [0.1, 0.15) is 59.8 Å². The molecule has 0 saturated carbocycles. The van der Waals surface area contributed by atoms with Gasteiger partial charge in [0.15, 0.2) is 0 Å². The maximum absolute atomic E-state index is 11.3. The fourth-order valence-corrected chi connectivity index (χ4v) is 2.32. The molecule has 1 atom stereocenters. The number of phosphoric acid groups is 1. The van der Waals surface area contributed by atoms with Crippen LogP contribution in [0.5, 0.6) is 0 Å². The number of phosphoric ester groups is 1. The second-order valence-corrected chi connectivity index (χ2v) is 6.23. The molecule has 0 aromatic carbocycles. The van der Waals surface area contributed by atoms with Gasteiger partial charge in [-0.15, -0.1) is 0 Å². The normalized spacial score (nSPS) is 16.1. The van der Waals surface area contributed by atoms with Gasteiger partial charge in [-0.3, -0.25) is 4.57 Å². The summed E-state index contributed by atoms with van der Waals surface area (Å²) in [5, 5.41) is 0. The molecular weight excluding hydrogens is 227 g/mol. The van der Waals surface area contributed by atoms with E-state index < -0.39 is 13.4 Å². The van der Waals surface area contributed by atoms with Crippen LogP contribution in [0.25, 0.3) is 0 Å². The first-order valence-corrected chi connectivity index (χ1v) is 7.39. The van der Waals surface area contributed by atoms with Crippen LogP contribution in [-0.4, -0.2) is 12.2 Å². The SMILES string of the molecule is CCCCCCCOP(=O)([O-])OC(C)(C)C. The van der Waals surface area contributed by atoms with Crippen molar-refractivity contribution in [2.24, 2.45) is 0 Å². The second-order valence-electron chi connectivity index (χ2n) is 4.90. The van der Waals surface area contributed by atoms with E-state index in [2.05, 4.69) is 6.92 Å². The summed E-state index contributed by atoms with van der Waals surface area (Å²) in [6.07, 6.45) is 5.26. The van der Waals surface area contributed by atoms with Crippen molar-refractivity contribution >= 4 is 7.82 Å². The summed E-state index contributed by atoms with van der Waals surface area (Å²) < 4.78 is 20.9. The lowest BCUT2D eigenvalue weighted by atomic mass is 10.2. The highest BCUT2D eigenvalue weighted by Crippen LogP contribution is 2.42. The summed E-state index contributed by atoms with van der Waals surface area (Å²) >= 11 is 0. The van der Waals surface area contributed by atoms with E-state index in [1.54, 1.807) is 20.8 Å². The summed E-state index contributed by atoms with van der Waals surface area (Å²) in [6, 6.07) is 0. The molecule has 0 heterocycles. The Bertz CT molecular complexity index is 223. The minimum absolute atomic E-state index is 0.223. The third-order valence-corrected chi connectivity index (χ3v) is 3.15. The van der Waals surface area contributed by atoms with Crippen LogP contribution in [0.3, 0.4) is 0 Å². The molecule has 0 rings (SSSR count). The Hall–Kier alpha value is 0.110. The highest BCUT2D eigenvalue weighted by atomic mass is 31.2. The van der Waals surface area contributed by atoms with E-state index >= 15 is 0 Å². The van der Waals surface area contributed by atoms with Crippen molar-refractivity contribution in [3.05, 3.63) is 0 Å². The topological polar surface area (TPSA) is 58.6 Å². The molecule has 0 aliphatic rings. The monoisotopic (exact) mass is 251 g/mol. The Balaban J connectivity index is 3.63. The first-order chi connectivity index (χ1) is 7.27. The van der Waals surface area contributed by atoms with Crippen molar-refractivity contribution < 1.29 is 18.5 Å². The van der Waals surface area contributed by atoms with Crippen LogP contribution < -0.4 is 4.89 Å². The quantitative estimate of drug-likeness (QED) is 0.490. The minimum Gasteiger partial charge on any atom is -0.756 e. The van der Waals surface area contributed by atoms with Gasteiger partial charge in [-0.1, -0.05) is 32.6 Å². The van der Waals surface area contributed by atoms with Crippen LogP contribution in [0.15, 0.2) is 0 Å². The molecule has 0 amide bonds. The maximum Gasteiger partial charge on any atom is 0.268 e. The van der Waals surface area contributed by atoms with E-state index in [0.29, 0.717) is 0 Å². The number of hydrogen-bond acceptors (Lipinski definition) is 4. The third-order valence-electron chi connectivity index (χ3n) is 1.88. The summed E-state index contributed by atoms with van der Waals surface area (Å²) in [5.41, 5.74) is -0.723. The molecule has 0 aliphatic carbocycles. The standard InChI is InChI=1S/C11H25O4P/c1-5-6-7-8-9-10-14-16(12,13)15-11(2,3)4/h5-10H2,1-4H3,(H,12,13)/p-1. The van der Waals surface area contributed by atoms with Crippen molar-refractivity contribution in [1.29, 1.82) is 0 Å². The van der Waals surface area contributed by atoms with Gasteiger partial charge in [0.1, 0.15) is 0 Å². The van der Waals surface area contributed by atoms with Crippen LogP contribution in [0.4, 0.5) is 0 Å². The van der Waals surface area contributed by atoms with Crippen molar-refractivity contribution in [2.45, 2.75) is 65.4 Å². The number of rotatable bonds is 8. The zero-order valence-corrected chi connectivity index (χ0v) is 11.7. The maximum atomic E-state index is 11.3. The van der Waals surface area contributed by atoms with Gasteiger partial charge < -0.3 is 13.9 Å². The molecule has 0 aromatic rings. The molecule has 0 saturated heterocycles. The van der Waals surface area contributed by atoms with Gasteiger partial charge in [0, 0.05) is 0 Å². The Morgan fingerprint density at radius 2 is 1.69 bits per heavy atom. The van der Waals surface area contributed by atoms with E-state index in [1.165, 1.54) is 12.8 Å². The van der Waals surface area contributed by atoms with Gasteiger partial charge in [0.05, 0.1) is 12.2 Å². The van der Waals surface area contributed by atoms with E-state index in [1.807, 2.05) is 0 Å². The molecule has 98 valence electrons. The fourth-order valence-electron chi connectivity index (χ4n) is 1.24. The van der Waals surface area contributed by atoms with Crippen molar-refractivity contribution in [1.82, 2.24) is 0 Å². The largest absolute Gasteiger partial charge is 0.756 e. The molecule has 0 fully saturated rings. The number of hydrogen-bond donors (Lipinski definition) is 0. The molecule has 4 nitrogen and oxygen atoms in total. The zero-order chi connectivity index (χ0) is 12.7. The molecular formula is C11H24O4P-. The highest BCUT2D eigenvalue weighted by Gasteiger charge is 2.19. The van der Waals surface area contributed by atoms with Crippen LogP contribution in [0.2, 0.25) is 0 Å². The first kappa shape index (κ1) is 16.1. The van der Waals surface area contributed by atoms with Crippen LogP contribution in [-0.2, 0) is 13.6 Å². The van der Waals surface area contributed by atoms with Crippen LogP contribution in [0, 0.1) is 0 Å². The average molecular weight is 251 g/mol. The summed E-state index contributed by atoms with van der Waals surface area (Å²) in [6.45, 7) is 7.41. The molecule has 0 bridgehead atoms. The molecule has 1 unspecified atom stereocenters. The molecule has 16 heavy (non-hydrogen) atoms. The van der Waals surface area contributed by atoms with Crippen molar-refractivity contribution in [3.8, 4) is 0 Å². The van der Waals surface area contributed by atoms with Gasteiger partial charge in [-0.2, -0.15) is 0 Å². The Morgan fingerprint density at radius 3 is 2.19 bits per heavy atom.